The van der Waals surface area contributed by atoms with E-state index in [1.165, 1.54) is 4.31 Å². The van der Waals surface area contributed by atoms with Crippen LogP contribution in [0.1, 0.15) is 45.0 Å². The number of piperidine rings is 1. The molecule has 156 valence electrons. The first-order chi connectivity index (χ1) is 12.0. The van der Waals surface area contributed by atoms with Gasteiger partial charge in [0.25, 0.3) is 0 Å². The van der Waals surface area contributed by atoms with Crippen LogP contribution >= 0.6 is 12.4 Å². The second-order valence-corrected chi connectivity index (χ2v) is 9.61. The van der Waals surface area contributed by atoms with Crippen LogP contribution in [0.2, 0.25) is 0 Å². The molecule has 0 bridgehead atoms. The van der Waals surface area contributed by atoms with Crippen LogP contribution in [0.15, 0.2) is 4.90 Å². The summed E-state index contributed by atoms with van der Waals surface area (Å²) in [5.41, 5.74) is 6.31. The summed E-state index contributed by atoms with van der Waals surface area (Å²) in [5, 5.41) is 9.74. The van der Waals surface area contributed by atoms with E-state index in [9.17, 15) is 13.2 Å². The first kappa shape index (κ1) is 23.9. The molecule has 10 heteroatoms. The van der Waals surface area contributed by atoms with Crippen molar-refractivity contribution in [1.29, 1.82) is 0 Å². The van der Waals surface area contributed by atoms with Gasteiger partial charge in [0, 0.05) is 19.6 Å². The van der Waals surface area contributed by atoms with Crippen LogP contribution in [0.4, 0.5) is 0 Å². The van der Waals surface area contributed by atoms with Crippen LogP contribution in [-0.4, -0.2) is 54.0 Å². The quantitative estimate of drug-likeness (QED) is 0.639. The lowest BCUT2D eigenvalue weighted by atomic mass is 9.87. The lowest BCUT2D eigenvalue weighted by Gasteiger charge is -2.37. The maximum atomic E-state index is 13.0. The van der Waals surface area contributed by atoms with Gasteiger partial charge in [-0.3, -0.25) is 9.89 Å². The molecule has 0 radical (unpaired) electrons. The van der Waals surface area contributed by atoms with Gasteiger partial charge in [-0.25, -0.2) is 8.42 Å². The first-order valence-corrected chi connectivity index (χ1v) is 10.5. The predicted molar refractivity (Wildman–Crippen MR) is 107 cm³/mol. The van der Waals surface area contributed by atoms with E-state index in [0.717, 1.165) is 0 Å². The number of nitrogens with zero attached hydrogens (tertiary/aromatic N) is 2. The van der Waals surface area contributed by atoms with E-state index in [4.69, 9.17) is 5.73 Å². The minimum atomic E-state index is -3.68. The molecule has 1 aromatic heterocycles. The summed E-state index contributed by atoms with van der Waals surface area (Å²) in [6.07, 6.45) is 1.31. The molecule has 1 fully saturated rings. The molecule has 2 atom stereocenters. The Hall–Kier alpha value is -1.16. The number of sulfonamides is 1. The lowest BCUT2D eigenvalue weighted by molar-refractivity contribution is -0.128. The van der Waals surface area contributed by atoms with Gasteiger partial charge in [0.05, 0.1) is 22.8 Å². The number of aromatic nitrogens is 2. The fraction of sp³-hybridized carbons (Fsp3) is 0.765. The number of nitrogens with one attached hydrogen (secondary N) is 2. The second kappa shape index (κ2) is 8.89. The highest BCUT2D eigenvalue weighted by Gasteiger charge is 2.38. The maximum absolute atomic E-state index is 13.0. The van der Waals surface area contributed by atoms with Gasteiger partial charge in [0.15, 0.2) is 0 Å². The summed E-state index contributed by atoms with van der Waals surface area (Å²) in [5.74, 6) is -0.334. The average Bonchev–Trinajstić information content (AvgIpc) is 2.93. The van der Waals surface area contributed by atoms with Crippen molar-refractivity contribution in [2.75, 3.05) is 19.6 Å². The Morgan fingerprint density at radius 3 is 2.56 bits per heavy atom. The standard InChI is InChI=1S/C17H31N5O3S.ClH/c1-11(2)17(5,10-18)19-16(23)14-7-6-8-22(9-14)26(24,25)15-12(3)20-21-13(15)4;/h11,14H,6-10,18H2,1-5H3,(H,19,23)(H,20,21);1H. The van der Waals surface area contributed by atoms with E-state index < -0.39 is 15.6 Å². The SMILES string of the molecule is Cc1n[nH]c(C)c1S(=O)(=O)N1CCCC(C(=O)NC(C)(CN)C(C)C)C1.Cl. The van der Waals surface area contributed by atoms with Gasteiger partial charge in [-0.15, -0.1) is 12.4 Å². The second-order valence-electron chi connectivity index (χ2n) is 7.73. The van der Waals surface area contributed by atoms with E-state index in [0.29, 0.717) is 37.3 Å². The average molecular weight is 422 g/mol. The number of halogens is 1. The summed E-state index contributed by atoms with van der Waals surface area (Å²) in [7, 11) is -3.68. The van der Waals surface area contributed by atoms with E-state index >= 15 is 0 Å². The van der Waals surface area contributed by atoms with Crippen molar-refractivity contribution in [2.45, 2.75) is 57.9 Å². The molecule has 0 saturated carbocycles. The third kappa shape index (κ3) is 4.82. The Labute approximate surface area is 168 Å². The van der Waals surface area contributed by atoms with Gasteiger partial charge in [-0.05, 0) is 39.5 Å². The maximum Gasteiger partial charge on any atom is 0.246 e. The zero-order chi connectivity index (χ0) is 19.7. The summed E-state index contributed by atoms with van der Waals surface area (Å²) < 4.78 is 27.4. The molecule has 1 saturated heterocycles. The fourth-order valence-electron chi connectivity index (χ4n) is 3.24. The third-order valence-corrected chi connectivity index (χ3v) is 7.65. The first-order valence-electron chi connectivity index (χ1n) is 9.06. The zero-order valence-corrected chi connectivity index (χ0v) is 18.3. The van der Waals surface area contributed by atoms with Crippen molar-refractivity contribution >= 4 is 28.3 Å². The van der Waals surface area contributed by atoms with E-state index in [2.05, 4.69) is 15.5 Å². The summed E-state index contributed by atoms with van der Waals surface area (Å²) >= 11 is 0. The molecule has 2 unspecified atom stereocenters. The van der Waals surface area contributed by atoms with Gasteiger partial charge >= 0.3 is 0 Å². The number of hydrogen-bond acceptors (Lipinski definition) is 5. The van der Waals surface area contributed by atoms with E-state index in [1.807, 2.05) is 20.8 Å². The minimum absolute atomic E-state index is 0. The van der Waals surface area contributed by atoms with Crippen molar-refractivity contribution in [3.63, 3.8) is 0 Å². The highest BCUT2D eigenvalue weighted by atomic mass is 35.5. The van der Waals surface area contributed by atoms with Gasteiger partial charge < -0.3 is 11.1 Å². The molecule has 2 heterocycles. The Bertz CT molecular complexity index is 745. The molecule has 4 N–H and O–H groups in total. The number of aromatic amines is 1. The minimum Gasteiger partial charge on any atom is -0.349 e. The number of nitrogens with two attached hydrogens (primary N) is 1. The molecule has 27 heavy (non-hydrogen) atoms. The molecule has 1 aromatic rings. The van der Waals surface area contributed by atoms with Gasteiger partial charge in [0.2, 0.25) is 15.9 Å². The summed E-state index contributed by atoms with van der Waals surface area (Å²) in [4.78, 5) is 13.0. The molecule has 0 aromatic carbocycles. The molecule has 8 nitrogen and oxygen atoms in total. The van der Waals surface area contributed by atoms with Crippen LogP contribution in [0.25, 0.3) is 0 Å². The molecule has 0 spiro atoms. The van der Waals surface area contributed by atoms with Crippen LogP contribution in [0.3, 0.4) is 0 Å². The molecule has 1 aliphatic heterocycles. The molecular weight excluding hydrogens is 390 g/mol. The number of carbonyl (C=O) groups excluding carboxylic acids is 1. The molecule has 2 rings (SSSR count). The van der Waals surface area contributed by atoms with Crippen molar-refractivity contribution in [3.8, 4) is 0 Å². The van der Waals surface area contributed by atoms with Gasteiger partial charge in [-0.2, -0.15) is 9.40 Å². The van der Waals surface area contributed by atoms with Crippen molar-refractivity contribution in [1.82, 2.24) is 19.8 Å². The number of hydrogen-bond donors (Lipinski definition) is 3. The molecule has 1 amide bonds. The normalized spacial score (nSPS) is 20.8. The molecule has 0 aliphatic carbocycles. The number of aryl methyl sites for hydroxylation is 2. The molecule has 1 aliphatic rings. The highest BCUT2D eigenvalue weighted by molar-refractivity contribution is 7.89. The van der Waals surface area contributed by atoms with E-state index in [-0.39, 0.29) is 41.6 Å². The smallest absolute Gasteiger partial charge is 0.246 e. The fourth-order valence-corrected chi connectivity index (χ4v) is 5.09. The third-order valence-electron chi connectivity index (χ3n) is 5.52. The lowest BCUT2D eigenvalue weighted by Crippen LogP contribution is -2.58. The Morgan fingerprint density at radius 1 is 1.44 bits per heavy atom. The Kier molecular flexibility index (Phi) is 7.87. The van der Waals surface area contributed by atoms with Crippen molar-refractivity contribution in [2.24, 2.45) is 17.6 Å². The Balaban J connectivity index is 0.00000364. The number of H-pyrrole nitrogens is 1. The monoisotopic (exact) mass is 421 g/mol. The van der Waals surface area contributed by atoms with Crippen molar-refractivity contribution < 1.29 is 13.2 Å². The van der Waals surface area contributed by atoms with Crippen LogP contribution < -0.4 is 11.1 Å². The van der Waals surface area contributed by atoms with Gasteiger partial charge in [0.1, 0.15) is 4.90 Å². The number of carbonyl (C=O) groups is 1. The van der Waals surface area contributed by atoms with E-state index in [1.54, 1.807) is 13.8 Å². The predicted octanol–water partition coefficient (Wildman–Crippen LogP) is 1.34. The van der Waals surface area contributed by atoms with Crippen LogP contribution in [0.5, 0.6) is 0 Å². The summed E-state index contributed by atoms with van der Waals surface area (Å²) in [6.45, 7) is 10.2. The Morgan fingerprint density at radius 2 is 2.07 bits per heavy atom. The largest absolute Gasteiger partial charge is 0.349 e. The van der Waals surface area contributed by atoms with Gasteiger partial charge in [-0.1, -0.05) is 13.8 Å². The highest BCUT2D eigenvalue weighted by Crippen LogP contribution is 2.27. The number of rotatable bonds is 6. The number of amides is 1. The van der Waals surface area contributed by atoms with Crippen LogP contribution in [0, 0.1) is 25.7 Å². The van der Waals surface area contributed by atoms with Crippen molar-refractivity contribution in [3.05, 3.63) is 11.4 Å². The summed E-state index contributed by atoms with van der Waals surface area (Å²) in [6, 6.07) is 0. The topological polar surface area (TPSA) is 121 Å². The molecular formula is C17H32ClN5O3S. The zero-order valence-electron chi connectivity index (χ0n) is 16.7. The van der Waals surface area contributed by atoms with Crippen LogP contribution in [-0.2, 0) is 14.8 Å².